The Labute approximate surface area is 100 Å². The lowest BCUT2D eigenvalue weighted by Gasteiger charge is -2.10. The predicted octanol–water partition coefficient (Wildman–Crippen LogP) is 0.614. The molecule has 0 saturated heterocycles. The maximum Gasteiger partial charge on any atom is 0.246 e. The summed E-state index contributed by atoms with van der Waals surface area (Å²) in [5.41, 5.74) is 0. The highest BCUT2D eigenvalue weighted by atomic mass is 16.2. The van der Waals surface area contributed by atoms with Crippen LogP contribution in [0.25, 0.3) is 0 Å². The van der Waals surface area contributed by atoms with E-state index in [1.54, 1.807) is 6.20 Å². The van der Waals surface area contributed by atoms with Gasteiger partial charge < -0.3 is 9.88 Å². The monoisotopic (exact) mass is 238 g/mol. The topological polar surface area (TPSA) is 76.0 Å². The average Bonchev–Trinajstić information content (AvgIpc) is 2.62. The Balaban J connectivity index is 2.53. The van der Waals surface area contributed by atoms with E-state index in [-0.39, 0.29) is 18.4 Å². The average molecular weight is 238 g/mol. The number of rotatable bonds is 5. The van der Waals surface area contributed by atoms with E-state index in [0.717, 1.165) is 6.54 Å². The van der Waals surface area contributed by atoms with Crippen LogP contribution in [-0.2, 0) is 16.1 Å². The Morgan fingerprint density at radius 1 is 1.47 bits per heavy atom. The van der Waals surface area contributed by atoms with E-state index in [1.165, 1.54) is 6.92 Å². The second kappa shape index (κ2) is 6.03. The van der Waals surface area contributed by atoms with E-state index in [9.17, 15) is 9.59 Å². The van der Waals surface area contributed by atoms with Gasteiger partial charge in [0, 0.05) is 25.9 Å². The van der Waals surface area contributed by atoms with Crippen molar-refractivity contribution in [3.05, 3.63) is 12.4 Å². The minimum absolute atomic E-state index is 0.0378. The predicted molar refractivity (Wildman–Crippen MR) is 64.4 cm³/mol. The summed E-state index contributed by atoms with van der Waals surface area (Å²) in [4.78, 5) is 26.2. The third kappa shape index (κ3) is 4.67. The molecule has 0 spiro atoms. The molecule has 0 aliphatic heterocycles. The highest BCUT2D eigenvalue weighted by molar-refractivity contribution is 5.92. The summed E-state index contributed by atoms with van der Waals surface area (Å²) in [5.74, 6) is 0.464. The van der Waals surface area contributed by atoms with Crippen LogP contribution in [0.1, 0.15) is 20.8 Å². The van der Waals surface area contributed by atoms with Gasteiger partial charge in [-0.1, -0.05) is 13.8 Å². The number of nitrogens with one attached hydrogen (secondary N) is 2. The Bertz CT molecular complexity index is 398. The molecule has 6 nitrogen and oxygen atoms in total. The van der Waals surface area contributed by atoms with Gasteiger partial charge in [0.2, 0.25) is 17.8 Å². The fourth-order valence-electron chi connectivity index (χ4n) is 1.35. The molecule has 17 heavy (non-hydrogen) atoms. The number of imidazole rings is 1. The SMILES string of the molecule is CC(=O)NCC(=O)Nc1nccn1CC(C)C. The molecule has 0 radical (unpaired) electrons. The van der Waals surface area contributed by atoms with Crippen molar-refractivity contribution in [2.45, 2.75) is 27.3 Å². The van der Waals surface area contributed by atoms with E-state index >= 15 is 0 Å². The van der Waals surface area contributed by atoms with Crippen molar-refractivity contribution < 1.29 is 9.59 Å². The van der Waals surface area contributed by atoms with E-state index in [0.29, 0.717) is 11.9 Å². The van der Waals surface area contributed by atoms with Crippen LogP contribution in [0.3, 0.4) is 0 Å². The minimum atomic E-state index is -0.281. The second-order valence-corrected chi connectivity index (χ2v) is 4.25. The van der Waals surface area contributed by atoms with Crippen LogP contribution >= 0.6 is 0 Å². The van der Waals surface area contributed by atoms with Crippen molar-refractivity contribution in [1.82, 2.24) is 14.9 Å². The lowest BCUT2D eigenvalue weighted by Crippen LogP contribution is -2.32. The van der Waals surface area contributed by atoms with Gasteiger partial charge in [-0.25, -0.2) is 4.98 Å². The molecule has 6 heteroatoms. The maximum atomic E-state index is 11.5. The molecule has 0 bridgehead atoms. The fourth-order valence-corrected chi connectivity index (χ4v) is 1.35. The van der Waals surface area contributed by atoms with Gasteiger partial charge in [0.05, 0.1) is 6.54 Å². The van der Waals surface area contributed by atoms with E-state index < -0.39 is 0 Å². The quantitative estimate of drug-likeness (QED) is 0.789. The van der Waals surface area contributed by atoms with Crippen molar-refractivity contribution in [1.29, 1.82) is 0 Å². The normalized spacial score (nSPS) is 10.4. The molecule has 94 valence electrons. The highest BCUT2D eigenvalue weighted by Gasteiger charge is 2.08. The molecular weight excluding hydrogens is 220 g/mol. The summed E-state index contributed by atoms with van der Waals surface area (Å²) in [6, 6.07) is 0. The summed E-state index contributed by atoms with van der Waals surface area (Å²) in [7, 11) is 0. The molecular formula is C11H18N4O2. The van der Waals surface area contributed by atoms with Gasteiger partial charge in [-0.2, -0.15) is 0 Å². The third-order valence-corrected chi connectivity index (χ3v) is 2.03. The Morgan fingerprint density at radius 2 is 2.18 bits per heavy atom. The first-order valence-corrected chi connectivity index (χ1v) is 5.54. The van der Waals surface area contributed by atoms with E-state index in [1.807, 2.05) is 10.8 Å². The van der Waals surface area contributed by atoms with E-state index in [2.05, 4.69) is 29.5 Å². The molecule has 0 aromatic carbocycles. The number of hydrogen-bond acceptors (Lipinski definition) is 3. The number of carbonyl (C=O) groups excluding carboxylic acids is 2. The smallest absolute Gasteiger partial charge is 0.246 e. The van der Waals surface area contributed by atoms with Crippen LogP contribution < -0.4 is 10.6 Å². The third-order valence-electron chi connectivity index (χ3n) is 2.03. The summed E-state index contributed by atoms with van der Waals surface area (Å²) in [6.45, 7) is 6.29. The number of anilines is 1. The minimum Gasteiger partial charge on any atom is -0.347 e. The van der Waals surface area contributed by atoms with Gasteiger partial charge in [0.25, 0.3) is 0 Å². The maximum absolute atomic E-state index is 11.5. The van der Waals surface area contributed by atoms with Gasteiger partial charge in [0.1, 0.15) is 0 Å². The molecule has 0 atom stereocenters. The van der Waals surface area contributed by atoms with Gasteiger partial charge in [-0.05, 0) is 5.92 Å². The zero-order valence-corrected chi connectivity index (χ0v) is 10.4. The summed E-state index contributed by atoms with van der Waals surface area (Å²) in [5, 5.41) is 5.08. The molecule has 0 saturated carbocycles. The molecule has 1 heterocycles. The van der Waals surface area contributed by atoms with Gasteiger partial charge >= 0.3 is 0 Å². The zero-order chi connectivity index (χ0) is 12.8. The summed E-state index contributed by atoms with van der Waals surface area (Å²) < 4.78 is 1.87. The van der Waals surface area contributed by atoms with Gasteiger partial charge in [-0.15, -0.1) is 0 Å². The molecule has 0 unspecified atom stereocenters. The molecule has 2 amide bonds. The molecule has 1 aromatic rings. The summed E-state index contributed by atoms with van der Waals surface area (Å²) in [6.07, 6.45) is 3.45. The van der Waals surface area contributed by atoms with Gasteiger partial charge in [-0.3, -0.25) is 14.9 Å². The molecule has 1 rings (SSSR count). The van der Waals surface area contributed by atoms with Crippen LogP contribution in [0.15, 0.2) is 12.4 Å². The Morgan fingerprint density at radius 3 is 2.76 bits per heavy atom. The van der Waals surface area contributed by atoms with Gasteiger partial charge in [0.15, 0.2) is 0 Å². The van der Waals surface area contributed by atoms with Crippen LogP contribution in [0.5, 0.6) is 0 Å². The lowest BCUT2D eigenvalue weighted by molar-refractivity contribution is -0.122. The Kier molecular flexibility index (Phi) is 4.68. The molecule has 0 aliphatic rings. The largest absolute Gasteiger partial charge is 0.347 e. The number of amides is 2. The standard InChI is InChI=1S/C11H18N4O2/c1-8(2)7-15-5-4-12-11(15)14-10(17)6-13-9(3)16/h4-5,8H,6-7H2,1-3H3,(H,13,16)(H,12,14,17). The first-order chi connectivity index (χ1) is 7.99. The van der Waals surface area contributed by atoms with Crippen LogP contribution in [0.2, 0.25) is 0 Å². The molecule has 2 N–H and O–H groups in total. The first kappa shape index (κ1) is 13.2. The highest BCUT2D eigenvalue weighted by Crippen LogP contribution is 2.07. The van der Waals surface area contributed by atoms with Crippen molar-refractivity contribution in [3.63, 3.8) is 0 Å². The molecule has 1 aromatic heterocycles. The van der Waals surface area contributed by atoms with Crippen LogP contribution in [-0.4, -0.2) is 27.9 Å². The number of nitrogens with zero attached hydrogens (tertiary/aromatic N) is 2. The number of aromatic nitrogens is 2. The first-order valence-electron chi connectivity index (χ1n) is 5.54. The molecule has 0 aliphatic carbocycles. The van der Waals surface area contributed by atoms with E-state index in [4.69, 9.17) is 0 Å². The second-order valence-electron chi connectivity index (χ2n) is 4.25. The Hall–Kier alpha value is -1.85. The van der Waals surface area contributed by atoms with Crippen LogP contribution in [0, 0.1) is 5.92 Å². The number of carbonyl (C=O) groups is 2. The summed E-state index contributed by atoms with van der Waals surface area (Å²) >= 11 is 0. The lowest BCUT2D eigenvalue weighted by atomic mass is 10.2. The fraction of sp³-hybridized carbons (Fsp3) is 0.545. The van der Waals surface area contributed by atoms with Crippen LogP contribution in [0.4, 0.5) is 5.95 Å². The van der Waals surface area contributed by atoms with Crippen molar-refractivity contribution in [2.24, 2.45) is 5.92 Å². The zero-order valence-electron chi connectivity index (χ0n) is 10.4. The van der Waals surface area contributed by atoms with Crippen molar-refractivity contribution >= 4 is 17.8 Å². The van der Waals surface area contributed by atoms with Crippen molar-refractivity contribution in [2.75, 3.05) is 11.9 Å². The molecule has 0 fully saturated rings. The van der Waals surface area contributed by atoms with Crippen molar-refractivity contribution in [3.8, 4) is 0 Å². The number of hydrogen-bond donors (Lipinski definition) is 2.